The fourth-order valence-corrected chi connectivity index (χ4v) is 1.27. The second-order valence-electron chi connectivity index (χ2n) is 3.23. The smallest absolute Gasteiger partial charge is 0.416 e. The number of halogens is 3. The third-order valence-corrected chi connectivity index (χ3v) is 1.91. The van der Waals surface area contributed by atoms with Crippen LogP contribution in [-0.4, -0.2) is 11.1 Å². The molecule has 0 aliphatic carbocycles. The van der Waals surface area contributed by atoms with Gasteiger partial charge in [0.25, 0.3) is 0 Å². The molecule has 0 bridgehead atoms. The van der Waals surface area contributed by atoms with Crippen LogP contribution >= 0.6 is 0 Å². The van der Waals surface area contributed by atoms with Gasteiger partial charge in [-0.05, 0) is 18.6 Å². The van der Waals surface area contributed by atoms with Crippen molar-refractivity contribution in [3.8, 4) is 0 Å². The molecule has 1 N–H and O–H groups in total. The molecule has 1 aromatic rings. The van der Waals surface area contributed by atoms with Crippen LogP contribution in [0.25, 0.3) is 0 Å². The predicted molar refractivity (Wildman–Crippen MR) is 47.5 cm³/mol. The van der Waals surface area contributed by atoms with Crippen molar-refractivity contribution in [1.82, 2.24) is 0 Å². The van der Waals surface area contributed by atoms with Crippen molar-refractivity contribution in [2.75, 3.05) is 0 Å². The van der Waals surface area contributed by atoms with E-state index in [0.29, 0.717) is 5.56 Å². The maximum absolute atomic E-state index is 12.5. The molecule has 0 atom stereocenters. The van der Waals surface area contributed by atoms with Gasteiger partial charge >= 0.3 is 12.1 Å². The van der Waals surface area contributed by atoms with Crippen LogP contribution in [0.2, 0.25) is 0 Å². The van der Waals surface area contributed by atoms with E-state index in [2.05, 4.69) is 0 Å². The Morgan fingerprint density at radius 1 is 1.40 bits per heavy atom. The largest absolute Gasteiger partial charge is 0.481 e. The van der Waals surface area contributed by atoms with Crippen LogP contribution in [0.5, 0.6) is 0 Å². The van der Waals surface area contributed by atoms with Crippen LogP contribution in [0.15, 0.2) is 18.2 Å². The summed E-state index contributed by atoms with van der Waals surface area (Å²) in [5.41, 5.74) is -0.623. The van der Waals surface area contributed by atoms with Gasteiger partial charge in [-0.1, -0.05) is 17.7 Å². The van der Waals surface area contributed by atoms with Crippen LogP contribution in [0.3, 0.4) is 0 Å². The molecular formula is C10H9F3O2. The first-order chi connectivity index (χ1) is 6.80. The number of carboxylic acids is 1. The molecule has 1 aromatic carbocycles. The molecule has 0 aliphatic rings. The number of aliphatic carboxylic acids is 1. The van der Waals surface area contributed by atoms with Gasteiger partial charge in [0, 0.05) is 0 Å². The Kier molecular flexibility index (Phi) is 3.02. The Morgan fingerprint density at radius 2 is 2.00 bits per heavy atom. The minimum atomic E-state index is -4.50. The summed E-state index contributed by atoms with van der Waals surface area (Å²) in [4.78, 5) is 10.4. The number of aryl methyl sites for hydroxylation is 1. The van der Waals surface area contributed by atoms with E-state index in [4.69, 9.17) is 5.11 Å². The van der Waals surface area contributed by atoms with E-state index in [9.17, 15) is 18.0 Å². The lowest BCUT2D eigenvalue weighted by Gasteiger charge is -2.12. The van der Waals surface area contributed by atoms with Crippen LogP contribution in [0.4, 0.5) is 13.2 Å². The summed E-state index contributed by atoms with van der Waals surface area (Å²) >= 11 is 0. The molecule has 0 radical (unpaired) electrons. The van der Waals surface area contributed by atoms with Gasteiger partial charge in [0.2, 0.25) is 0 Å². The quantitative estimate of drug-likeness (QED) is 0.828. The van der Waals surface area contributed by atoms with Crippen LogP contribution < -0.4 is 0 Å². The van der Waals surface area contributed by atoms with Crippen LogP contribution in [0.1, 0.15) is 16.7 Å². The van der Waals surface area contributed by atoms with Crippen molar-refractivity contribution in [2.24, 2.45) is 0 Å². The van der Waals surface area contributed by atoms with Gasteiger partial charge in [0.15, 0.2) is 0 Å². The highest BCUT2D eigenvalue weighted by Gasteiger charge is 2.33. The van der Waals surface area contributed by atoms with Crippen molar-refractivity contribution in [2.45, 2.75) is 19.5 Å². The monoisotopic (exact) mass is 218 g/mol. The molecule has 0 aliphatic heterocycles. The molecule has 0 heterocycles. The second kappa shape index (κ2) is 3.92. The van der Waals surface area contributed by atoms with Gasteiger partial charge in [-0.25, -0.2) is 0 Å². The van der Waals surface area contributed by atoms with Crippen molar-refractivity contribution < 1.29 is 23.1 Å². The maximum Gasteiger partial charge on any atom is 0.416 e. The van der Waals surface area contributed by atoms with E-state index >= 15 is 0 Å². The average molecular weight is 218 g/mol. The zero-order chi connectivity index (χ0) is 11.6. The van der Waals surface area contributed by atoms with Crippen LogP contribution in [-0.2, 0) is 17.4 Å². The van der Waals surface area contributed by atoms with E-state index < -0.39 is 24.1 Å². The zero-order valence-corrected chi connectivity index (χ0v) is 7.93. The number of hydrogen-bond acceptors (Lipinski definition) is 1. The molecule has 0 amide bonds. The Morgan fingerprint density at radius 3 is 2.47 bits per heavy atom. The molecule has 0 unspecified atom stereocenters. The third-order valence-electron chi connectivity index (χ3n) is 1.91. The van der Waals surface area contributed by atoms with Crippen molar-refractivity contribution >= 4 is 5.97 Å². The first kappa shape index (κ1) is 11.6. The molecule has 0 aromatic heterocycles. The summed E-state index contributed by atoms with van der Waals surface area (Å²) < 4.78 is 37.5. The van der Waals surface area contributed by atoms with E-state index in [1.165, 1.54) is 19.1 Å². The van der Waals surface area contributed by atoms with E-state index in [-0.39, 0.29) is 5.56 Å². The fourth-order valence-electron chi connectivity index (χ4n) is 1.27. The van der Waals surface area contributed by atoms with Crippen LogP contribution in [0, 0.1) is 6.92 Å². The van der Waals surface area contributed by atoms with Crippen molar-refractivity contribution in [1.29, 1.82) is 0 Å². The number of alkyl halides is 3. The first-order valence-corrected chi connectivity index (χ1v) is 4.19. The average Bonchev–Trinajstić information content (AvgIpc) is 2.05. The number of carbonyl (C=O) groups is 1. The molecule has 82 valence electrons. The van der Waals surface area contributed by atoms with Gasteiger partial charge in [-0.15, -0.1) is 0 Å². The van der Waals surface area contributed by atoms with Gasteiger partial charge in [0.05, 0.1) is 12.0 Å². The van der Waals surface area contributed by atoms with Gasteiger partial charge in [-0.2, -0.15) is 13.2 Å². The molecule has 5 heteroatoms. The maximum atomic E-state index is 12.5. The first-order valence-electron chi connectivity index (χ1n) is 4.19. The molecule has 0 fully saturated rings. The zero-order valence-electron chi connectivity index (χ0n) is 7.93. The second-order valence-corrected chi connectivity index (χ2v) is 3.23. The lowest BCUT2D eigenvalue weighted by atomic mass is 10.0. The normalized spacial score (nSPS) is 11.5. The van der Waals surface area contributed by atoms with E-state index in [1.54, 1.807) is 0 Å². The predicted octanol–water partition coefficient (Wildman–Crippen LogP) is 2.64. The minimum absolute atomic E-state index is 0.208. The molecule has 1 rings (SSSR count). The lowest BCUT2D eigenvalue weighted by molar-refractivity contribution is -0.139. The summed E-state index contributed by atoms with van der Waals surface area (Å²) in [6, 6.07) is 3.62. The summed E-state index contributed by atoms with van der Waals surface area (Å²) in [6.07, 6.45) is -5.12. The highest BCUT2D eigenvalue weighted by Crippen LogP contribution is 2.32. The van der Waals surface area contributed by atoms with E-state index in [1.807, 2.05) is 0 Å². The molecule has 2 nitrogen and oxygen atoms in total. The molecule has 0 spiro atoms. The number of benzene rings is 1. The summed E-state index contributed by atoms with van der Waals surface area (Å²) in [5, 5.41) is 8.46. The topological polar surface area (TPSA) is 37.3 Å². The Labute approximate surface area is 84.3 Å². The minimum Gasteiger partial charge on any atom is -0.481 e. The highest BCUT2D eigenvalue weighted by atomic mass is 19.4. The molecule has 0 saturated carbocycles. The number of rotatable bonds is 2. The molecule has 15 heavy (non-hydrogen) atoms. The third kappa shape index (κ3) is 2.97. The summed E-state index contributed by atoms with van der Waals surface area (Å²) in [5.74, 6) is -1.27. The van der Waals surface area contributed by atoms with Gasteiger partial charge in [0.1, 0.15) is 0 Å². The van der Waals surface area contributed by atoms with E-state index in [0.717, 1.165) is 6.07 Å². The Hall–Kier alpha value is -1.52. The standard InChI is InChI=1S/C10H9F3O2/c1-6-2-3-7(5-9(14)15)8(4-6)10(11,12)13/h2-4H,5H2,1H3,(H,14,15). The SMILES string of the molecule is Cc1ccc(CC(=O)O)c(C(F)(F)F)c1. The fraction of sp³-hybridized carbons (Fsp3) is 0.300. The molecule has 0 saturated heterocycles. The molecular weight excluding hydrogens is 209 g/mol. The lowest BCUT2D eigenvalue weighted by Crippen LogP contribution is -2.12. The van der Waals surface area contributed by atoms with Crippen molar-refractivity contribution in [3.05, 3.63) is 34.9 Å². The van der Waals surface area contributed by atoms with Crippen molar-refractivity contribution in [3.63, 3.8) is 0 Å². The summed E-state index contributed by atoms with van der Waals surface area (Å²) in [7, 11) is 0. The number of carboxylic acid groups (broad SMARTS) is 1. The Balaban J connectivity index is 3.20. The summed E-state index contributed by atoms with van der Waals surface area (Å²) in [6.45, 7) is 1.53. The highest BCUT2D eigenvalue weighted by molar-refractivity contribution is 5.70. The van der Waals surface area contributed by atoms with Gasteiger partial charge < -0.3 is 5.11 Å². The number of hydrogen-bond donors (Lipinski definition) is 1. The Bertz CT molecular complexity index is 383. The van der Waals surface area contributed by atoms with Gasteiger partial charge in [-0.3, -0.25) is 4.79 Å².